The maximum absolute atomic E-state index is 12.3. The fourth-order valence-electron chi connectivity index (χ4n) is 4.64. The molecule has 0 unspecified atom stereocenters. The van der Waals surface area contributed by atoms with E-state index in [4.69, 9.17) is 4.74 Å². The minimum atomic E-state index is -4.72. The van der Waals surface area contributed by atoms with Crippen LogP contribution in [0, 0.1) is 0 Å². The summed E-state index contributed by atoms with van der Waals surface area (Å²) >= 11 is 0. The van der Waals surface area contributed by atoms with E-state index in [1.165, 1.54) is 25.4 Å². The third-order valence-electron chi connectivity index (χ3n) is 6.60. The summed E-state index contributed by atoms with van der Waals surface area (Å²) in [5.74, 6) is 0.475. The summed E-state index contributed by atoms with van der Waals surface area (Å²) < 4.78 is 46.9. The van der Waals surface area contributed by atoms with Gasteiger partial charge in [0, 0.05) is 31.3 Å². The molecule has 0 bridgehead atoms. The Morgan fingerprint density at radius 2 is 1.74 bits per heavy atom. The van der Waals surface area contributed by atoms with Gasteiger partial charge in [-0.25, -0.2) is 9.97 Å². The quantitative estimate of drug-likeness (QED) is 0.238. The molecular weight excluding hydrogens is 549 g/mol. The van der Waals surface area contributed by atoms with Gasteiger partial charge in [-0.15, -0.1) is 13.2 Å². The molecule has 1 fully saturated rings. The van der Waals surface area contributed by atoms with Crippen LogP contribution in [0.25, 0.3) is 11.1 Å². The van der Waals surface area contributed by atoms with Crippen molar-refractivity contribution in [3.8, 4) is 16.9 Å². The van der Waals surface area contributed by atoms with Gasteiger partial charge in [-0.1, -0.05) is 48.5 Å². The molecular formula is C30H29F3N6O3. The molecule has 1 aromatic heterocycles. The van der Waals surface area contributed by atoms with Gasteiger partial charge < -0.3 is 25.0 Å². The molecule has 12 heteroatoms. The number of amides is 1. The zero-order valence-electron chi connectivity index (χ0n) is 22.8. The fraction of sp³-hybridized carbons (Fsp3) is 0.267. The summed E-state index contributed by atoms with van der Waals surface area (Å²) in [6, 6.07) is 21.1. The van der Waals surface area contributed by atoms with E-state index in [0.717, 1.165) is 29.5 Å². The molecule has 0 spiro atoms. The Balaban J connectivity index is 1.17. The minimum Gasteiger partial charge on any atom is -0.406 e. The first kappa shape index (κ1) is 28.8. The van der Waals surface area contributed by atoms with E-state index in [-0.39, 0.29) is 17.8 Å². The van der Waals surface area contributed by atoms with Crippen LogP contribution >= 0.6 is 0 Å². The molecule has 3 aromatic carbocycles. The van der Waals surface area contributed by atoms with E-state index < -0.39 is 6.36 Å². The number of rotatable bonds is 9. The molecule has 2 heterocycles. The topological polar surface area (TPSA) is 102 Å². The standard InChI is InChI=1S/C30H29F3N6O3/c1-20(40)36-27-17-23(9-12-26(27)22-5-3-2-4-6-22)37-28-34-19-35-29(38-28)39-15-13-24(14-16-39)41-18-21-7-10-25(11-8-21)42-30(31,32)33/h2-12,17,19,24H,13-16,18H2,1H3,(H,36,40)(H,34,35,37,38). The molecule has 5 rings (SSSR count). The van der Waals surface area contributed by atoms with Crippen molar-refractivity contribution >= 4 is 29.2 Å². The lowest BCUT2D eigenvalue weighted by Gasteiger charge is -2.32. The number of benzene rings is 3. The van der Waals surface area contributed by atoms with Crippen molar-refractivity contribution < 1.29 is 27.4 Å². The second-order valence-corrected chi connectivity index (χ2v) is 9.73. The van der Waals surface area contributed by atoms with E-state index >= 15 is 0 Å². The third-order valence-corrected chi connectivity index (χ3v) is 6.60. The fourth-order valence-corrected chi connectivity index (χ4v) is 4.64. The van der Waals surface area contributed by atoms with E-state index in [1.54, 1.807) is 12.1 Å². The van der Waals surface area contributed by atoms with Crippen molar-refractivity contribution in [1.82, 2.24) is 15.0 Å². The second-order valence-electron chi connectivity index (χ2n) is 9.73. The number of carbonyl (C=O) groups is 1. The molecule has 0 aliphatic carbocycles. The first-order valence-electron chi connectivity index (χ1n) is 13.4. The third kappa shape index (κ3) is 7.94. The van der Waals surface area contributed by atoms with Gasteiger partial charge in [0.25, 0.3) is 0 Å². The molecule has 1 amide bonds. The van der Waals surface area contributed by atoms with E-state index in [2.05, 4.69) is 35.2 Å². The predicted octanol–water partition coefficient (Wildman–Crippen LogP) is 6.32. The summed E-state index contributed by atoms with van der Waals surface area (Å²) in [6.45, 7) is 3.10. The van der Waals surface area contributed by atoms with Gasteiger partial charge in [0.1, 0.15) is 12.1 Å². The van der Waals surface area contributed by atoms with E-state index in [9.17, 15) is 18.0 Å². The number of ether oxygens (including phenoxy) is 2. The van der Waals surface area contributed by atoms with Crippen molar-refractivity contribution in [3.05, 3.63) is 84.7 Å². The number of hydrogen-bond acceptors (Lipinski definition) is 8. The average molecular weight is 579 g/mol. The van der Waals surface area contributed by atoms with Gasteiger partial charge in [-0.05, 0) is 48.2 Å². The van der Waals surface area contributed by atoms with Crippen LogP contribution in [0.15, 0.2) is 79.1 Å². The smallest absolute Gasteiger partial charge is 0.406 e. The molecule has 1 aliphatic rings. The van der Waals surface area contributed by atoms with Gasteiger partial charge in [0.2, 0.25) is 17.8 Å². The van der Waals surface area contributed by atoms with Crippen LogP contribution in [0.4, 0.5) is 36.4 Å². The highest BCUT2D eigenvalue weighted by Gasteiger charge is 2.31. The summed E-state index contributed by atoms with van der Waals surface area (Å²) in [4.78, 5) is 27.1. The number of nitrogens with zero attached hydrogens (tertiary/aromatic N) is 4. The minimum absolute atomic E-state index is 0.00195. The Kier molecular flexibility index (Phi) is 8.82. The van der Waals surface area contributed by atoms with Crippen molar-refractivity contribution in [3.63, 3.8) is 0 Å². The van der Waals surface area contributed by atoms with Crippen LogP contribution in [0.1, 0.15) is 25.3 Å². The highest BCUT2D eigenvalue weighted by Crippen LogP contribution is 2.32. The normalized spacial score (nSPS) is 14.0. The van der Waals surface area contributed by atoms with Crippen molar-refractivity contribution in [1.29, 1.82) is 0 Å². The van der Waals surface area contributed by atoms with Gasteiger partial charge in [0.15, 0.2) is 0 Å². The molecule has 4 aromatic rings. The van der Waals surface area contributed by atoms with Gasteiger partial charge in [-0.2, -0.15) is 4.98 Å². The van der Waals surface area contributed by atoms with Gasteiger partial charge >= 0.3 is 6.36 Å². The number of anilines is 4. The molecule has 0 saturated carbocycles. The number of carbonyl (C=O) groups excluding carboxylic acids is 1. The molecule has 218 valence electrons. The zero-order valence-corrected chi connectivity index (χ0v) is 22.8. The SMILES string of the molecule is CC(=O)Nc1cc(Nc2ncnc(N3CCC(OCc4ccc(OC(F)(F)F)cc4)CC3)n2)ccc1-c1ccccc1. The Hall–Kier alpha value is -4.71. The highest BCUT2D eigenvalue weighted by molar-refractivity contribution is 5.95. The molecule has 0 atom stereocenters. The molecule has 42 heavy (non-hydrogen) atoms. The van der Waals surface area contributed by atoms with Crippen LogP contribution in [0.3, 0.4) is 0 Å². The number of piperidine rings is 1. The number of hydrogen-bond donors (Lipinski definition) is 2. The van der Waals surface area contributed by atoms with Crippen LogP contribution in [0.2, 0.25) is 0 Å². The maximum Gasteiger partial charge on any atom is 0.573 e. The lowest BCUT2D eigenvalue weighted by atomic mass is 10.0. The van der Waals surface area contributed by atoms with Gasteiger partial charge in [0.05, 0.1) is 18.4 Å². The van der Waals surface area contributed by atoms with E-state index in [0.29, 0.717) is 43.0 Å². The Labute approximate surface area is 240 Å². The summed E-state index contributed by atoms with van der Waals surface area (Å²) in [7, 11) is 0. The van der Waals surface area contributed by atoms with Crippen molar-refractivity contribution in [2.24, 2.45) is 0 Å². The number of halogens is 3. The average Bonchev–Trinajstić information content (AvgIpc) is 2.97. The number of aromatic nitrogens is 3. The van der Waals surface area contributed by atoms with Gasteiger partial charge in [-0.3, -0.25) is 4.79 Å². The molecule has 0 radical (unpaired) electrons. The Bertz CT molecular complexity index is 1490. The lowest BCUT2D eigenvalue weighted by molar-refractivity contribution is -0.274. The first-order valence-corrected chi connectivity index (χ1v) is 13.4. The summed E-state index contributed by atoms with van der Waals surface area (Å²) in [5, 5.41) is 6.10. The largest absolute Gasteiger partial charge is 0.573 e. The molecule has 2 N–H and O–H groups in total. The second kappa shape index (κ2) is 12.9. The number of alkyl halides is 3. The lowest BCUT2D eigenvalue weighted by Crippen LogP contribution is -2.38. The predicted molar refractivity (Wildman–Crippen MR) is 152 cm³/mol. The number of nitrogens with one attached hydrogen (secondary N) is 2. The van der Waals surface area contributed by atoms with E-state index in [1.807, 2.05) is 48.5 Å². The van der Waals surface area contributed by atoms with Crippen molar-refractivity contribution in [2.75, 3.05) is 28.6 Å². The maximum atomic E-state index is 12.3. The summed E-state index contributed by atoms with van der Waals surface area (Å²) in [5.41, 5.74) is 4.02. The first-order chi connectivity index (χ1) is 20.2. The zero-order chi connectivity index (χ0) is 29.5. The Morgan fingerprint density at radius 1 is 1.00 bits per heavy atom. The Morgan fingerprint density at radius 3 is 2.43 bits per heavy atom. The molecule has 1 aliphatic heterocycles. The molecule has 9 nitrogen and oxygen atoms in total. The summed E-state index contributed by atoms with van der Waals surface area (Å²) in [6.07, 6.45) is -1.78. The highest BCUT2D eigenvalue weighted by atomic mass is 19.4. The van der Waals surface area contributed by atoms with Crippen LogP contribution < -0.4 is 20.3 Å². The molecule has 1 saturated heterocycles. The van der Waals surface area contributed by atoms with Crippen LogP contribution in [0.5, 0.6) is 5.75 Å². The van der Waals surface area contributed by atoms with Crippen molar-refractivity contribution in [2.45, 2.75) is 38.8 Å². The monoisotopic (exact) mass is 578 g/mol. The van der Waals surface area contributed by atoms with Crippen LogP contribution in [-0.2, 0) is 16.1 Å². The van der Waals surface area contributed by atoms with Crippen LogP contribution in [-0.4, -0.2) is 46.4 Å².